The van der Waals surface area contributed by atoms with Crippen LogP contribution < -0.4 is 5.32 Å². The quantitative estimate of drug-likeness (QED) is 0.604. The zero-order valence-corrected chi connectivity index (χ0v) is 11.1. The first-order valence-electron chi connectivity index (χ1n) is 5.47. The molecule has 0 unspecified atom stereocenters. The topological polar surface area (TPSA) is 64.6 Å². The minimum absolute atomic E-state index is 0.0293. The average Bonchev–Trinajstić information content (AvgIpc) is 2.20. The Kier molecular flexibility index (Phi) is 6.31. The Labute approximate surface area is 102 Å². The van der Waals surface area contributed by atoms with Crippen molar-refractivity contribution in [2.45, 2.75) is 33.3 Å². The molecule has 0 bridgehead atoms. The smallest absolute Gasteiger partial charge is 0.407 e. The largest absolute Gasteiger partial charge is 0.466 e. The van der Waals surface area contributed by atoms with Crippen LogP contribution in [0.1, 0.15) is 27.7 Å². The Morgan fingerprint density at radius 2 is 1.94 bits per heavy atom. The number of hydrogen-bond donors (Lipinski definition) is 1. The Balaban J connectivity index is 3.92. The van der Waals surface area contributed by atoms with Gasteiger partial charge in [0.15, 0.2) is 0 Å². The first-order valence-corrected chi connectivity index (χ1v) is 5.47. The number of methoxy groups -OCH3 is 1. The second-order valence-electron chi connectivity index (χ2n) is 4.74. The summed E-state index contributed by atoms with van der Waals surface area (Å²) in [5.74, 6) is -0.379. The molecule has 0 saturated carbocycles. The van der Waals surface area contributed by atoms with E-state index in [1.807, 2.05) is 6.92 Å². The molecule has 0 aliphatic rings. The van der Waals surface area contributed by atoms with E-state index in [0.717, 1.165) is 0 Å². The molecule has 0 rings (SSSR count). The lowest BCUT2D eigenvalue weighted by Gasteiger charge is -2.20. The zero-order chi connectivity index (χ0) is 13.5. The van der Waals surface area contributed by atoms with Crippen LogP contribution in [-0.2, 0) is 14.3 Å². The predicted molar refractivity (Wildman–Crippen MR) is 64.6 cm³/mol. The van der Waals surface area contributed by atoms with Crippen LogP contribution in [0.25, 0.3) is 0 Å². The van der Waals surface area contributed by atoms with Gasteiger partial charge in [-0.15, -0.1) is 0 Å². The number of ether oxygens (including phenoxy) is 2. The molecule has 0 spiro atoms. The van der Waals surface area contributed by atoms with Crippen LogP contribution in [0.3, 0.4) is 0 Å². The summed E-state index contributed by atoms with van der Waals surface area (Å²) in [6, 6.07) is 0. The number of amides is 1. The maximum absolute atomic E-state index is 11.3. The zero-order valence-electron chi connectivity index (χ0n) is 11.1. The maximum Gasteiger partial charge on any atom is 0.407 e. The summed E-state index contributed by atoms with van der Waals surface area (Å²) in [6.07, 6.45) is 2.54. The summed E-state index contributed by atoms with van der Waals surface area (Å²) in [5.41, 5.74) is -0.505. The molecule has 0 radical (unpaired) electrons. The first-order chi connectivity index (χ1) is 7.74. The van der Waals surface area contributed by atoms with Gasteiger partial charge in [0.2, 0.25) is 0 Å². The van der Waals surface area contributed by atoms with Crippen LogP contribution in [0.2, 0.25) is 0 Å². The lowest BCUT2D eigenvalue weighted by molar-refractivity contribution is -0.134. The molecule has 0 aromatic carbocycles. The van der Waals surface area contributed by atoms with Crippen molar-refractivity contribution in [2.24, 2.45) is 5.92 Å². The molecule has 0 fully saturated rings. The van der Waals surface area contributed by atoms with Crippen LogP contribution in [0, 0.1) is 5.92 Å². The average molecular weight is 243 g/mol. The number of carbonyl (C=O) groups is 2. The van der Waals surface area contributed by atoms with Gasteiger partial charge in [0.25, 0.3) is 0 Å². The van der Waals surface area contributed by atoms with Crippen LogP contribution in [0.15, 0.2) is 12.2 Å². The van der Waals surface area contributed by atoms with Gasteiger partial charge in [-0.2, -0.15) is 0 Å². The summed E-state index contributed by atoms with van der Waals surface area (Å²) in [4.78, 5) is 22.1. The highest BCUT2D eigenvalue weighted by Gasteiger charge is 2.15. The summed E-state index contributed by atoms with van der Waals surface area (Å²) >= 11 is 0. The third kappa shape index (κ3) is 9.41. The molecule has 17 heavy (non-hydrogen) atoms. The minimum Gasteiger partial charge on any atom is -0.466 e. The first kappa shape index (κ1) is 15.5. The fraction of sp³-hybridized carbons (Fsp3) is 0.667. The molecular formula is C12H21NO4. The van der Waals surface area contributed by atoms with Gasteiger partial charge in [-0.25, -0.2) is 9.59 Å². The highest BCUT2D eigenvalue weighted by molar-refractivity contribution is 5.81. The monoisotopic (exact) mass is 243 g/mol. The number of carbonyl (C=O) groups excluding carboxylic acids is 2. The van der Waals surface area contributed by atoms with E-state index >= 15 is 0 Å². The SMILES string of the molecule is COC(=O)C=C[C@@H](C)CNC(=O)OC(C)(C)C. The highest BCUT2D eigenvalue weighted by atomic mass is 16.6. The Morgan fingerprint density at radius 3 is 2.41 bits per heavy atom. The highest BCUT2D eigenvalue weighted by Crippen LogP contribution is 2.06. The van der Waals surface area contributed by atoms with Gasteiger partial charge >= 0.3 is 12.1 Å². The van der Waals surface area contributed by atoms with Crippen molar-refractivity contribution in [3.63, 3.8) is 0 Å². The van der Waals surface area contributed by atoms with E-state index in [-0.39, 0.29) is 5.92 Å². The van der Waals surface area contributed by atoms with Gasteiger partial charge in [0, 0.05) is 12.6 Å². The standard InChI is InChI=1S/C12H21NO4/c1-9(6-7-10(14)16-5)8-13-11(15)17-12(2,3)4/h6-7,9H,8H2,1-5H3,(H,13,15)/t9-/m1/s1. The summed E-state index contributed by atoms with van der Waals surface area (Å²) in [7, 11) is 1.32. The van der Waals surface area contributed by atoms with Gasteiger partial charge in [-0.1, -0.05) is 13.0 Å². The minimum atomic E-state index is -0.505. The second-order valence-corrected chi connectivity index (χ2v) is 4.74. The Morgan fingerprint density at radius 1 is 1.35 bits per heavy atom. The molecular weight excluding hydrogens is 222 g/mol. The molecule has 0 aromatic heterocycles. The van der Waals surface area contributed by atoms with Crippen LogP contribution in [0.4, 0.5) is 4.79 Å². The van der Waals surface area contributed by atoms with E-state index in [2.05, 4.69) is 10.1 Å². The summed E-state index contributed by atoms with van der Waals surface area (Å²) < 4.78 is 9.52. The molecule has 1 atom stereocenters. The fourth-order valence-electron chi connectivity index (χ4n) is 0.937. The van der Waals surface area contributed by atoms with Crippen molar-refractivity contribution in [3.05, 3.63) is 12.2 Å². The molecule has 1 amide bonds. The second kappa shape index (κ2) is 6.93. The maximum atomic E-state index is 11.3. The van der Waals surface area contributed by atoms with Crippen LogP contribution in [0.5, 0.6) is 0 Å². The molecule has 5 heteroatoms. The van der Waals surface area contributed by atoms with E-state index in [4.69, 9.17) is 4.74 Å². The van der Waals surface area contributed by atoms with E-state index in [0.29, 0.717) is 6.54 Å². The van der Waals surface area contributed by atoms with E-state index in [1.54, 1.807) is 26.8 Å². The fourth-order valence-corrected chi connectivity index (χ4v) is 0.937. The van der Waals surface area contributed by atoms with Crippen molar-refractivity contribution >= 4 is 12.1 Å². The van der Waals surface area contributed by atoms with Crippen LogP contribution >= 0.6 is 0 Å². The Hall–Kier alpha value is -1.52. The lowest BCUT2D eigenvalue weighted by Crippen LogP contribution is -2.34. The van der Waals surface area contributed by atoms with Gasteiger partial charge in [-0.05, 0) is 26.7 Å². The van der Waals surface area contributed by atoms with Crippen molar-refractivity contribution in [3.8, 4) is 0 Å². The van der Waals surface area contributed by atoms with Gasteiger partial charge in [0.05, 0.1) is 7.11 Å². The predicted octanol–water partition coefficient (Wildman–Crippen LogP) is 1.88. The molecule has 0 saturated heterocycles. The third-order valence-electron chi connectivity index (χ3n) is 1.73. The van der Waals surface area contributed by atoms with Crippen molar-refractivity contribution < 1.29 is 19.1 Å². The van der Waals surface area contributed by atoms with E-state index in [1.165, 1.54) is 13.2 Å². The number of alkyl carbamates (subject to hydrolysis) is 1. The molecule has 1 N–H and O–H groups in total. The number of nitrogens with one attached hydrogen (secondary N) is 1. The van der Waals surface area contributed by atoms with Gasteiger partial charge < -0.3 is 14.8 Å². The van der Waals surface area contributed by atoms with E-state index < -0.39 is 17.7 Å². The van der Waals surface area contributed by atoms with Crippen molar-refractivity contribution in [2.75, 3.05) is 13.7 Å². The van der Waals surface area contributed by atoms with Crippen LogP contribution in [-0.4, -0.2) is 31.3 Å². The normalized spacial score (nSPS) is 13.2. The number of hydrogen-bond acceptors (Lipinski definition) is 4. The molecule has 0 heterocycles. The number of esters is 1. The third-order valence-corrected chi connectivity index (χ3v) is 1.73. The number of rotatable bonds is 4. The van der Waals surface area contributed by atoms with Crippen molar-refractivity contribution in [1.29, 1.82) is 0 Å². The molecule has 98 valence electrons. The summed E-state index contributed by atoms with van der Waals surface area (Å²) in [5, 5.41) is 2.62. The molecule has 0 aliphatic carbocycles. The molecule has 5 nitrogen and oxygen atoms in total. The summed E-state index contributed by atoms with van der Waals surface area (Å²) in [6.45, 7) is 7.67. The molecule has 0 aliphatic heterocycles. The van der Waals surface area contributed by atoms with Gasteiger partial charge in [-0.3, -0.25) is 0 Å². The Bertz CT molecular complexity index is 291. The van der Waals surface area contributed by atoms with Gasteiger partial charge in [0.1, 0.15) is 5.60 Å². The van der Waals surface area contributed by atoms with Crippen molar-refractivity contribution in [1.82, 2.24) is 5.32 Å². The lowest BCUT2D eigenvalue weighted by atomic mass is 10.1. The molecule has 0 aromatic rings. The van der Waals surface area contributed by atoms with E-state index in [9.17, 15) is 9.59 Å².